The van der Waals surface area contributed by atoms with Crippen molar-refractivity contribution < 1.29 is 23.6 Å². The number of phosphoric acid groups is 1. The molecule has 1 aliphatic rings. The molecule has 1 rings (SSSR count). The van der Waals surface area contributed by atoms with Crippen LogP contribution >= 0.6 is 20.2 Å². The summed E-state index contributed by atoms with van der Waals surface area (Å²) in [4.78, 5) is 9.44. The molecule has 0 amide bonds. The number of halogens is 1. The lowest BCUT2D eigenvalue weighted by molar-refractivity contribution is 0.0941. The molecule has 1 saturated heterocycles. The van der Waals surface area contributed by atoms with E-state index >= 15 is 0 Å². The average molecular weight is 416 g/mol. The van der Waals surface area contributed by atoms with E-state index in [1.54, 1.807) is 0 Å². The summed E-state index contributed by atoms with van der Waals surface area (Å²) in [5.41, 5.74) is 5.74. The first-order chi connectivity index (χ1) is 12.0. The van der Waals surface area contributed by atoms with Crippen LogP contribution in [0.1, 0.15) is 90.4 Å². The van der Waals surface area contributed by atoms with E-state index in [9.17, 15) is 9.46 Å². The third-order valence-electron chi connectivity index (χ3n) is 4.86. The van der Waals surface area contributed by atoms with Crippen molar-refractivity contribution >= 4 is 20.2 Å². The van der Waals surface area contributed by atoms with Gasteiger partial charge in [-0.1, -0.05) is 84.0 Å². The molecule has 1 aliphatic heterocycles. The first-order valence-corrected chi connectivity index (χ1v) is 11.6. The Bertz CT molecular complexity index is 389. The van der Waals surface area contributed by atoms with E-state index < -0.39 is 26.1 Å². The Balaban J connectivity index is 0.00000625. The predicted molar refractivity (Wildman–Crippen MR) is 108 cm³/mol. The van der Waals surface area contributed by atoms with Gasteiger partial charge in [-0.3, -0.25) is 9.05 Å². The van der Waals surface area contributed by atoms with Gasteiger partial charge in [-0.2, -0.15) is 0 Å². The fraction of sp³-hybridized carbons (Fsp3) is 1.00. The highest BCUT2D eigenvalue weighted by atomic mass is 35.5. The summed E-state index contributed by atoms with van der Waals surface area (Å²) in [7, 11) is -4.00. The van der Waals surface area contributed by atoms with Crippen molar-refractivity contribution in [3.63, 3.8) is 0 Å². The summed E-state index contributed by atoms with van der Waals surface area (Å²) in [6.45, 7) is 1.96. The van der Waals surface area contributed by atoms with Gasteiger partial charge in [0.05, 0.1) is 18.8 Å². The van der Waals surface area contributed by atoms with Crippen molar-refractivity contribution in [3.8, 4) is 0 Å². The normalized spacial score (nSPS) is 26.6. The van der Waals surface area contributed by atoms with E-state index in [1.807, 2.05) is 0 Å². The second-order valence-corrected chi connectivity index (χ2v) is 8.57. The van der Waals surface area contributed by atoms with Crippen molar-refractivity contribution in [2.45, 2.75) is 109 Å². The Kier molecular flexibility index (Phi) is 15.5. The zero-order chi connectivity index (χ0) is 18.5. The van der Waals surface area contributed by atoms with Gasteiger partial charge in [0.2, 0.25) is 0 Å². The number of aliphatic hydroxyl groups excluding tert-OH is 1. The smallest absolute Gasteiger partial charge is 0.395 e. The first kappa shape index (κ1) is 26.3. The summed E-state index contributed by atoms with van der Waals surface area (Å²) < 4.78 is 21.6. The largest absolute Gasteiger partial charge is 0.472 e. The van der Waals surface area contributed by atoms with Gasteiger partial charge < -0.3 is 15.7 Å². The third-order valence-corrected chi connectivity index (χ3v) is 5.91. The number of rotatable bonds is 15. The monoisotopic (exact) mass is 415 g/mol. The van der Waals surface area contributed by atoms with Gasteiger partial charge >= 0.3 is 7.82 Å². The van der Waals surface area contributed by atoms with E-state index in [1.165, 1.54) is 64.2 Å². The highest BCUT2D eigenvalue weighted by Crippen LogP contribution is 2.54. The van der Waals surface area contributed by atoms with Crippen molar-refractivity contribution in [2.24, 2.45) is 5.73 Å². The molecule has 1 heterocycles. The Morgan fingerprint density at radius 2 is 1.38 bits per heavy atom. The molecule has 0 bridgehead atoms. The summed E-state index contributed by atoms with van der Waals surface area (Å²) in [6.07, 6.45) is 14.6. The molecule has 158 valence electrons. The summed E-state index contributed by atoms with van der Waals surface area (Å²) >= 11 is 0. The number of hydrogen-bond donors (Lipinski definition) is 3. The van der Waals surface area contributed by atoms with E-state index in [0.29, 0.717) is 6.42 Å². The van der Waals surface area contributed by atoms with Crippen LogP contribution in [0.2, 0.25) is 0 Å². The van der Waals surface area contributed by atoms with Crippen molar-refractivity contribution in [2.75, 3.05) is 6.61 Å². The van der Waals surface area contributed by atoms with E-state index in [0.717, 1.165) is 12.8 Å². The van der Waals surface area contributed by atoms with Crippen LogP contribution in [-0.4, -0.2) is 34.9 Å². The van der Waals surface area contributed by atoms with Crippen LogP contribution in [0.4, 0.5) is 0 Å². The molecule has 0 aromatic rings. The maximum atomic E-state index is 11.5. The molecule has 4 atom stereocenters. The van der Waals surface area contributed by atoms with Crippen molar-refractivity contribution in [3.05, 3.63) is 0 Å². The quantitative estimate of drug-likeness (QED) is 0.264. The minimum Gasteiger partial charge on any atom is -0.395 e. The second kappa shape index (κ2) is 15.3. The molecule has 26 heavy (non-hydrogen) atoms. The zero-order valence-corrected chi connectivity index (χ0v) is 17.9. The Morgan fingerprint density at radius 3 is 1.85 bits per heavy atom. The Hall–Kier alpha value is 0.320. The predicted octanol–water partition coefficient (Wildman–Crippen LogP) is 4.70. The van der Waals surface area contributed by atoms with Gasteiger partial charge in [0, 0.05) is 0 Å². The molecule has 1 fully saturated rings. The number of hydrogen-bond acceptors (Lipinski definition) is 5. The molecule has 6 nitrogen and oxygen atoms in total. The fourth-order valence-corrected chi connectivity index (χ4v) is 4.56. The molecule has 8 heteroatoms. The number of nitrogens with two attached hydrogens (primary N) is 1. The summed E-state index contributed by atoms with van der Waals surface area (Å²) in [5, 5.41) is 9.12. The van der Waals surface area contributed by atoms with E-state index in [-0.39, 0.29) is 19.0 Å². The lowest BCUT2D eigenvalue weighted by Crippen LogP contribution is -2.43. The zero-order valence-electron chi connectivity index (χ0n) is 16.2. The van der Waals surface area contributed by atoms with Gasteiger partial charge in [0.25, 0.3) is 0 Å². The van der Waals surface area contributed by atoms with Crippen LogP contribution < -0.4 is 5.73 Å². The molecule has 4 N–H and O–H groups in total. The Morgan fingerprint density at radius 1 is 0.923 bits per heavy atom. The lowest BCUT2D eigenvalue weighted by Gasteiger charge is -2.20. The minimum atomic E-state index is -4.00. The molecule has 0 saturated carbocycles. The molecule has 0 aromatic carbocycles. The van der Waals surface area contributed by atoms with E-state index in [4.69, 9.17) is 19.9 Å². The molecule has 0 aliphatic carbocycles. The van der Waals surface area contributed by atoms with E-state index in [2.05, 4.69) is 6.92 Å². The van der Waals surface area contributed by atoms with Gasteiger partial charge in [-0.05, 0) is 6.42 Å². The van der Waals surface area contributed by atoms with Crippen LogP contribution in [0.5, 0.6) is 0 Å². The number of aliphatic hydroxyl groups is 1. The van der Waals surface area contributed by atoms with Crippen LogP contribution in [0.3, 0.4) is 0 Å². The maximum Gasteiger partial charge on any atom is 0.472 e. The molecular formula is C18H39ClNO5P. The molecule has 0 radical (unpaired) electrons. The highest BCUT2D eigenvalue weighted by molar-refractivity contribution is 7.47. The SMILES string of the molecule is CCCCCCCCCCCCCC[C@H]1OP(=O)(O)O[C@H]1[C@@H](N)CO.Cl. The van der Waals surface area contributed by atoms with Crippen LogP contribution in [0.15, 0.2) is 0 Å². The lowest BCUT2D eigenvalue weighted by atomic mass is 10.00. The van der Waals surface area contributed by atoms with Gasteiger partial charge in [0.1, 0.15) is 6.10 Å². The van der Waals surface area contributed by atoms with Crippen LogP contribution in [0, 0.1) is 0 Å². The fourth-order valence-electron chi connectivity index (χ4n) is 3.34. The molecule has 1 unspecified atom stereocenters. The standard InChI is InChI=1S/C18H38NO5P.ClH/c1-2-3-4-5-6-7-8-9-10-11-12-13-14-17-18(16(19)15-20)24-25(21,22)23-17;/h16-18,20H,2-15,19H2,1H3,(H,21,22);1H/t16-,17+,18-;/m0./s1. The van der Waals surface area contributed by atoms with Crippen molar-refractivity contribution in [1.29, 1.82) is 0 Å². The first-order valence-electron chi connectivity index (χ1n) is 10.1. The van der Waals surface area contributed by atoms with Gasteiger partial charge in [-0.15, -0.1) is 12.4 Å². The number of unbranched alkanes of at least 4 members (excludes halogenated alkanes) is 11. The van der Waals surface area contributed by atoms with Crippen LogP contribution in [-0.2, 0) is 13.6 Å². The topological polar surface area (TPSA) is 102 Å². The van der Waals surface area contributed by atoms with Gasteiger partial charge in [-0.25, -0.2) is 4.57 Å². The second-order valence-electron chi connectivity index (χ2n) is 7.21. The molecular weight excluding hydrogens is 377 g/mol. The maximum absolute atomic E-state index is 11.5. The molecule has 0 aromatic heterocycles. The highest BCUT2D eigenvalue weighted by Gasteiger charge is 2.45. The third kappa shape index (κ3) is 11.2. The minimum absolute atomic E-state index is 0. The Labute approximate surface area is 165 Å². The summed E-state index contributed by atoms with van der Waals surface area (Å²) in [6, 6.07) is -0.690. The average Bonchev–Trinajstić information content (AvgIpc) is 2.90. The van der Waals surface area contributed by atoms with Crippen LogP contribution in [0.25, 0.3) is 0 Å². The number of phosphoric ester groups is 1. The van der Waals surface area contributed by atoms with Gasteiger partial charge in [0.15, 0.2) is 0 Å². The summed E-state index contributed by atoms with van der Waals surface area (Å²) in [5.74, 6) is 0. The molecule has 0 spiro atoms. The van der Waals surface area contributed by atoms with Crippen molar-refractivity contribution in [1.82, 2.24) is 0 Å².